The number of hydrogen-bond acceptors (Lipinski definition) is 4. The number of aliphatic hydroxyl groups excluding tert-OH is 1. The van der Waals surface area contributed by atoms with Crippen molar-refractivity contribution in [3.63, 3.8) is 0 Å². The molecule has 0 aliphatic rings. The Hall–Kier alpha value is -0.740. The van der Waals surface area contributed by atoms with Crippen LogP contribution in [0.25, 0.3) is 0 Å². The van der Waals surface area contributed by atoms with Crippen molar-refractivity contribution in [1.29, 1.82) is 0 Å². The molecule has 0 fully saturated rings. The molecule has 1 rings (SSSR count). The fourth-order valence-corrected chi connectivity index (χ4v) is 1.49. The van der Waals surface area contributed by atoms with Crippen molar-refractivity contribution in [2.45, 2.75) is 19.4 Å². The summed E-state index contributed by atoms with van der Waals surface area (Å²) in [5.74, 6) is 0. The zero-order valence-electron chi connectivity index (χ0n) is 6.15. The van der Waals surface area contributed by atoms with Gasteiger partial charge in [0.2, 0.25) is 0 Å². The van der Waals surface area contributed by atoms with Gasteiger partial charge in [-0.3, -0.25) is 4.79 Å². The smallest absolute Gasteiger partial charge is 0.161 e. The Balaban J connectivity index is 2.79. The quantitative estimate of drug-likeness (QED) is 0.699. The zero-order chi connectivity index (χ0) is 8.27. The molecule has 0 saturated carbocycles. The van der Waals surface area contributed by atoms with Gasteiger partial charge in [0, 0.05) is 6.20 Å². The molecule has 0 aromatic carbocycles. The molecule has 3 nitrogen and oxygen atoms in total. The predicted octanol–water partition coefficient (Wildman–Crippen LogP) is 1.40. The molecule has 0 bridgehead atoms. The lowest BCUT2D eigenvalue weighted by Gasteiger charge is -2.00. The summed E-state index contributed by atoms with van der Waals surface area (Å²) in [6.07, 6.45) is 2.33. The van der Waals surface area contributed by atoms with Crippen LogP contribution < -0.4 is 0 Å². The van der Waals surface area contributed by atoms with Crippen LogP contribution in [0.1, 0.15) is 34.1 Å². The molecule has 1 unspecified atom stereocenters. The van der Waals surface area contributed by atoms with Gasteiger partial charge in [-0.15, -0.1) is 11.3 Å². The molecule has 0 amide bonds. The second-order valence-corrected chi connectivity index (χ2v) is 3.24. The molecule has 1 N–H and O–H groups in total. The number of aromatic nitrogens is 1. The second kappa shape index (κ2) is 3.59. The normalized spacial score (nSPS) is 12.9. The van der Waals surface area contributed by atoms with Crippen LogP contribution in [0.2, 0.25) is 0 Å². The van der Waals surface area contributed by atoms with E-state index >= 15 is 0 Å². The lowest BCUT2D eigenvalue weighted by molar-refractivity contribution is 0.112. The summed E-state index contributed by atoms with van der Waals surface area (Å²) in [6, 6.07) is 0. The number of nitrogens with zero attached hydrogens (tertiary/aromatic N) is 1. The van der Waals surface area contributed by atoms with E-state index in [-0.39, 0.29) is 0 Å². The predicted molar refractivity (Wildman–Crippen MR) is 42.8 cm³/mol. The van der Waals surface area contributed by atoms with Crippen LogP contribution in [0.4, 0.5) is 0 Å². The second-order valence-electron chi connectivity index (χ2n) is 2.14. The maximum absolute atomic E-state index is 10.2. The highest BCUT2D eigenvalue weighted by Gasteiger charge is 2.08. The van der Waals surface area contributed by atoms with Crippen molar-refractivity contribution < 1.29 is 9.90 Å². The monoisotopic (exact) mass is 171 g/mol. The fourth-order valence-electron chi connectivity index (χ4n) is 0.684. The number of rotatable bonds is 3. The number of carbonyl (C=O) groups is 1. The number of aliphatic hydroxyl groups is 1. The van der Waals surface area contributed by atoms with Gasteiger partial charge in [-0.2, -0.15) is 0 Å². The van der Waals surface area contributed by atoms with Gasteiger partial charge in [0.25, 0.3) is 0 Å². The Labute approximate surface area is 68.7 Å². The van der Waals surface area contributed by atoms with Gasteiger partial charge in [-0.05, 0) is 6.42 Å². The third kappa shape index (κ3) is 1.85. The van der Waals surface area contributed by atoms with Crippen LogP contribution >= 0.6 is 11.3 Å². The topological polar surface area (TPSA) is 50.2 Å². The lowest BCUT2D eigenvalue weighted by atomic mass is 10.3. The van der Waals surface area contributed by atoms with E-state index < -0.39 is 6.10 Å². The van der Waals surface area contributed by atoms with E-state index in [4.69, 9.17) is 0 Å². The Morgan fingerprint density at radius 3 is 3.09 bits per heavy atom. The highest BCUT2D eigenvalue weighted by molar-refractivity contribution is 7.13. The summed E-state index contributed by atoms with van der Waals surface area (Å²) >= 11 is 1.24. The van der Waals surface area contributed by atoms with Crippen molar-refractivity contribution >= 4 is 17.6 Å². The molecule has 1 aromatic rings. The molecule has 60 valence electrons. The molecule has 0 radical (unpaired) electrons. The van der Waals surface area contributed by atoms with E-state index in [2.05, 4.69) is 4.98 Å². The summed E-state index contributed by atoms with van der Waals surface area (Å²) in [7, 11) is 0. The molecule has 1 aromatic heterocycles. The Morgan fingerprint density at radius 2 is 2.64 bits per heavy atom. The van der Waals surface area contributed by atoms with Gasteiger partial charge < -0.3 is 5.11 Å². The minimum absolute atomic E-state index is 0.520. The first kappa shape index (κ1) is 8.36. The number of aldehydes is 1. The van der Waals surface area contributed by atoms with E-state index in [1.165, 1.54) is 17.5 Å². The highest BCUT2D eigenvalue weighted by atomic mass is 32.1. The van der Waals surface area contributed by atoms with Crippen LogP contribution in [0.15, 0.2) is 6.20 Å². The van der Waals surface area contributed by atoms with Gasteiger partial charge >= 0.3 is 0 Å². The molecule has 0 aliphatic carbocycles. The third-order valence-corrected chi connectivity index (χ3v) is 2.35. The summed E-state index contributed by atoms with van der Waals surface area (Å²) in [6.45, 7) is 1.87. The SMILES string of the molecule is CCC(O)c1ncc(C=O)s1. The van der Waals surface area contributed by atoms with E-state index in [0.29, 0.717) is 16.3 Å². The van der Waals surface area contributed by atoms with Crippen LogP contribution in [-0.4, -0.2) is 16.4 Å². The van der Waals surface area contributed by atoms with Gasteiger partial charge in [0.15, 0.2) is 6.29 Å². The molecular formula is C7H9NO2S. The Kier molecular flexibility index (Phi) is 2.73. The Bertz CT molecular complexity index is 246. The maximum atomic E-state index is 10.2. The third-order valence-electron chi connectivity index (χ3n) is 1.33. The standard InChI is InChI=1S/C7H9NO2S/c1-2-6(10)7-8-3-5(4-9)11-7/h3-4,6,10H,2H2,1H3. The molecule has 1 heterocycles. The van der Waals surface area contributed by atoms with Crippen molar-refractivity contribution in [2.75, 3.05) is 0 Å². The first-order valence-electron chi connectivity index (χ1n) is 3.37. The van der Waals surface area contributed by atoms with Gasteiger partial charge in [-0.25, -0.2) is 4.98 Å². The van der Waals surface area contributed by atoms with Crippen molar-refractivity contribution in [1.82, 2.24) is 4.98 Å². The average molecular weight is 171 g/mol. The van der Waals surface area contributed by atoms with Crippen molar-refractivity contribution in [3.05, 3.63) is 16.1 Å². The number of thiazole rings is 1. The maximum Gasteiger partial charge on any atom is 0.161 e. The fraction of sp³-hybridized carbons (Fsp3) is 0.429. The van der Waals surface area contributed by atoms with Gasteiger partial charge in [0.1, 0.15) is 11.1 Å². The summed E-state index contributed by atoms with van der Waals surface area (Å²) in [4.78, 5) is 14.7. The van der Waals surface area contributed by atoms with Crippen molar-refractivity contribution in [3.8, 4) is 0 Å². The van der Waals surface area contributed by atoms with E-state index in [1.54, 1.807) is 0 Å². The molecular weight excluding hydrogens is 162 g/mol. The average Bonchev–Trinajstić information content (AvgIpc) is 2.50. The number of hydrogen-bond donors (Lipinski definition) is 1. The van der Waals surface area contributed by atoms with E-state index in [9.17, 15) is 9.90 Å². The van der Waals surface area contributed by atoms with Crippen LogP contribution in [-0.2, 0) is 0 Å². The van der Waals surface area contributed by atoms with Crippen LogP contribution in [0.5, 0.6) is 0 Å². The summed E-state index contributed by atoms with van der Waals surface area (Å²) in [5, 5.41) is 9.89. The molecule has 4 heteroatoms. The van der Waals surface area contributed by atoms with Gasteiger partial charge in [0.05, 0.1) is 4.88 Å². The highest BCUT2D eigenvalue weighted by Crippen LogP contribution is 2.20. The minimum Gasteiger partial charge on any atom is -0.386 e. The van der Waals surface area contributed by atoms with Crippen LogP contribution in [0, 0.1) is 0 Å². The summed E-state index contributed by atoms with van der Waals surface area (Å²) < 4.78 is 0. The lowest BCUT2D eigenvalue weighted by Crippen LogP contribution is -1.92. The molecule has 0 aliphatic heterocycles. The minimum atomic E-state index is -0.520. The zero-order valence-corrected chi connectivity index (χ0v) is 6.97. The molecule has 11 heavy (non-hydrogen) atoms. The van der Waals surface area contributed by atoms with Crippen molar-refractivity contribution in [2.24, 2.45) is 0 Å². The summed E-state index contributed by atoms with van der Waals surface area (Å²) in [5.41, 5.74) is 0. The van der Waals surface area contributed by atoms with E-state index in [0.717, 1.165) is 6.29 Å². The first-order chi connectivity index (χ1) is 5.27. The molecule has 0 saturated heterocycles. The van der Waals surface area contributed by atoms with Crippen LogP contribution in [0.3, 0.4) is 0 Å². The van der Waals surface area contributed by atoms with Gasteiger partial charge in [-0.1, -0.05) is 6.92 Å². The first-order valence-corrected chi connectivity index (χ1v) is 4.18. The Morgan fingerprint density at radius 1 is 1.91 bits per heavy atom. The largest absolute Gasteiger partial charge is 0.386 e. The molecule has 1 atom stereocenters. The van der Waals surface area contributed by atoms with E-state index in [1.807, 2.05) is 6.92 Å². The molecule has 0 spiro atoms. The number of carbonyl (C=O) groups excluding carboxylic acids is 1.